The fourth-order valence-electron chi connectivity index (χ4n) is 6.24. The van der Waals surface area contributed by atoms with Crippen LogP contribution >= 0.6 is 0 Å². The molecule has 0 saturated carbocycles. The monoisotopic (exact) mass is 484 g/mol. The lowest BCUT2D eigenvalue weighted by Gasteiger charge is -2.43. The van der Waals surface area contributed by atoms with Crippen LogP contribution in [-0.2, 0) is 16.1 Å². The van der Waals surface area contributed by atoms with E-state index in [2.05, 4.69) is 71.6 Å². The number of hydrogen-bond acceptors (Lipinski definition) is 4. The molecule has 2 aliphatic rings. The summed E-state index contributed by atoms with van der Waals surface area (Å²) in [6, 6.07) is 28.0. The topological polar surface area (TPSA) is 42.0 Å². The van der Waals surface area contributed by atoms with Crippen molar-refractivity contribution in [3.8, 4) is 16.9 Å². The maximum Gasteiger partial charge on any atom is 0.248 e. The molecule has 1 amide bonds. The number of methoxy groups -OCH3 is 2. The van der Waals surface area contributed by atoms with Crippen LogP contribution in [0.25, 0.3) is 11.1 Å². The number of para-hydroxylation sites is 1. The van der Waals surface area contributed by atoms with E-state index in [4.69, 9.17) is 9.47 Å². The molecule has 5 nitrogen and oxygen atoms in total. The van der Waals surface area contributed by atoms with Gasteiger partial charge in [-0.05, 0) is 47.1 Å². The van der Waals surface area contributed by atoms with Crippen molar-refractivity contribution in [3.63, 3.8) is 0 Å². The highest BCUT2D eigenvalue weighted by Crippen LogP contribution is 2.50. The fourth-order valence-corrected chi connectivity index (χ4v) is 6.24. The van der Waals surface area contributed by atoms with E-state index in [0.717, 1.165) is 56.9 Å². The summed E-state index contributed by atoms with van der Waals surface area (Å²) in [7, 11) is 3.32. The first kappa shape index (κ1) is 24.5. The van der Waals surface area contributed by atoms with Crippen LogP contribution in [0.1, 0.15) is 29.9 Å². The van der Waals surface area contributed by atoms with Crippen LogP contribution in [0.3, 0.4) is 0 Å². The second-order valence-corrected chi connectivity index (χ2v) is 10.2. The summed E-state index contributed by atoms with van der Waals surface area (Å²) < 4.78 is 10.7. The number of carbonyl (C=O) groups excluding carboxylic acids is 1. The molecule has 5 rings (SSSR count). The highest BCUT2D eigenvalue weighted by molar-refractivity contribution is 5.77. The van der Waals surface area contributed by atoms with Crippen molar-refractivity contribution in [1.29, 1.82) is 0 Å². The van der Waals surface area contributed by atoms with E-state index in [1.54, 1.807) is 14.2 Å². The van der Waals surface area contributed by atoms with Crippen LogP contribution in [-0.4, -0.2) is 62.7 Å². The average Bonchev–Trinajstić information content (AvgIpc) is 3.26. The summed E-state index contributed by atoms with van der Waals surface area (Å²) in [5, 5.41) is 0. The van der Waals surface area contributed by atoms with Gasteiger partial charge >= 0.3 is 0 Å². The molecule has 0 N–H and O–H groups in total. The van der Waals surface area contributed by atoms with Crippen LogP contribution < -0.4 is 4.74 Å². The number of rotatable bonds is 7. The van der Waals surface area contributed by atoms with Gasteiger partial charge in [-0.1, -0.05) is 66.7 Å². The van der Waals surface area contributed by atoms with Gasteiger partial charge in [-0.15, -0.1) is 0 Å². The molecule has 2 fully saturated rings. The Morgan fingerprint density at radius 1 is 0.944 bits per heavy atom. The van der Waals surface area contributed by atoms with Crippen molar-refractivity contribution in [2.75, 3.05) is 47.0 Å². The van der Waals surface area contributed by atoms with E-state index >= 15 is 0 Å². The van der Waals surface area contributed by atoms with E-state index < -0.39 is 0 Å². The molecule has 0 aromatic heterocycles. The molecule has 36 heavy (non-hydrogen) atoms. The van der Waals surface area contributed by atoms with Crippen molar-refractivity contribution in [2.24, 2.45) is 5.41 Å². The van der Waals surface area contributed by atoms with Crippen molar-refractivity contribution in [2.45, 2.75) is 25.3 Å². The van der Waals surface area contributed by atoms with E-state index in [9.17, 15) is 4.79 Å². The number of hydrogen-bond donors (Lipinski definition) is 0. The van der Waals surface area contributed by atoms with Crippen LogP contribution in [0.2, 0.25) is 0 Å². The minimum Gasteiger partial charge on any atom is -0.496 e. The number of piperidine rings is 1. The molecule has 2 heterocycles. The van der Waals surface area contributed by atoms with Gasteiger partial charge in [0.05, 0.1) is 7.11 Å². The molecule has 1 atom stereocenters. The minimum atomic E-state index is 0.103. The van der Waals surface area contributed by atoms with Gasteiger partial charge < -0.3 is 14.4 Å². The van der Waals surface area contributed by atoms with Crippen LogP contribution in [0.5, 0.6) is 5.75 Å². The third-order valence-corrected chi connectivity index (χ3v) is 8.05. The molecule has 3 aromatic rings. The Balaban J connectivity index is 1.36. The Bertz CT molecular complexity index is 1170. The summed E-state index contributed by atoms with van der Waals surface area (Å²) in [6.07, 6.45) is 2.06. The molecule has 1 unspecified atom stereocenters. The lowest BCUT2D eigenvalue weighted by atomic mass is 9.68. The standard InChI is InChI=1S/C31H36N2O3/c1-35-22-30(34)33-17-15-31(16-18-33)23-32(21-28(31)25-10-4-3-5-11-25)20-24-9-8-12-26(19-24)27-13-6-7-14-29(27)36-2/h3-14,19,28H,15-18,20-23H2,1-2H3. The maximum absolute atomic E-state index is 12.4. The molecular weight excluding hydrogens is 448 g/mol. The second-order valence-electron chi connectivity index (χ2n) is 10.2. The molecular formula is C31H36N2O3. The number of carbonyl (C=O) groups is 1. The minimum absolute atomic E-state index is 0.103. The molecule has 2 saturated heterocycles. The van der Waals surface area contributed by atoms with E-state index in [-0.39, 0.29) is 17.9 Å². The molecule has 5 heteroatoms. The highest BCUT2D eigenvalue weighted by Gasteiger charge is 2.48. The van der Waals surface area contributed by atoms with Gasteiger partial charge in [0.2, 0.25) is 5.91 Å². The zero-order chi connectivity index (χ0) is 25.0. The van der Waals surface area contributed by atoms with E-state index in [1.165, 1.54) is 16.7 Å². The first-order chi connectivity index (χ1) is 17.6. The van der Waals surface area contributed by atoms with Gasteiger partial charge in [-0.3, -0.25) is 9.69 Å². The van der Waals surface area contributed by atoms with Crippen LogP contribution in [0.4, 0.5) is 0 Å². The van der Waals surface area contributed by atoms with Crippen LogP contribution in [0, 0.1) is 5.41 Å². The fraction of sp³-hybridized carbons (Fsp3) is 0.387. The summed E-state index contributed by atoms with van der Waals surface area (Å²) in [5.74, 6) is 1.47. The number of amides is 1. The Morgan fingerprint density at radius 3 is 2.44 bits per heavy atom. The quantitative estimate of drug-likeness (QED) is 0.461. The van der Waals surface area contributed by atoms with Gasteiger partial charge in [-0.2, -0.15) is 0 Å². The van der Waals surface area contributed by atoms with Crippen molar-refractivity contribution >= 4 is 5.91 Å². The van der Waals surface area contributed by atoms with Gasteiger partial charge in [0.1, 0.15) is 12.4 Å². The highest BCUT2D eigenvalue weighted by atomic mass is 16.5. The smallest absolute Gasteiger partial charge is 0.248 e. The van der Waals surface area contributed by atoms with Gasteiger partial charge in [0.15, 0.2) is 0 Å². The van der Waals surface area contributed by atoms with E-state index in [0.29, 0.717) is 5.92 Å². The predicted octanol–water partition coefficient (Wildman–Crippen LogP) is 5.22. The molecule has 1 spiro atoms. The third kappa shape index (κ3) is 5.04. The van der Waals surface area contributed by atoms with Gasteiger partial charge in [-0.25, -0.2) is 0 Å². The number of nitrogens with zero attached hydrogens (tertiary/aromatic N) is 2. The van der Waals surface area contributed by atoms with Crippen LogP contribution in [0.15, 0.2) is 78.9 Å². The maximum atomic E-state index is 12.4. The lowest BCUT2D eigenvalue weighted by Crippen LogP contribution is -2.47. The van der Waals surface area contributed by atoms with Crippen molar-refractivity contribution in [3.05, 3.63) is 90.0 Å². The SMILES string of the molecule is COCC(=O)N1CCC2(CC1)CN(Cc1cccc(-c3ccccc3OC)c1)CC2c1ccccc1. The molecule has 0 bridgehead atoms. The molecule has 188 valence electrons. The summed E-state index contributed by atoms with van der Waals surface area (Å²) in [5.41, 5.74) is 5.22. The normalized spacial score (nSPS) is 19.5. The lowest BCUT2D eigenvalue weighted by molar-refractivity contribution is -0.137. The zero-order valence-electron chi connectivity index (χ0n) is 21.4. The summed E-state index contributed by atoms with van der Waals surface area (Å²) in [4.78, 5) is 17.0. The predicted molar refractivity (Wildman–Crippen MR) is 143 cm³/mol. The molecule has 0 aliphatic carbocycles. The van der Waals surface area contributed by atoms with E-state index in [1.807, 2.05) is 17.0 Å². The average molecular weight is 485 g/mol. The molecule has 0 radical (unpaired) electrons. The Hall–Kier alpha value is -3.15. The van der Waals surface area contributed by atoms with Gasteiger partial charge in [0.25, 0.3) is 0 Å². The summed E-state index contributed by atoms with van der Waals surface area (Å²) >= 11 is 0. The zero-order valence-corrected chi connectivity index (χ0v) is 21.4. The second kappa shape index (κ2) is 10.9. The first-order valence-corrected chi connectivity index (χ1v) is 12.9. The largest absolute Gasteiger partial charge is 0.496 e. The third-order valence-electron chi connectivity index (χ3n) is 8.05. The molecule has 2 aliphatic heterocycles. The Kier molecular flexibility index (Phi) is 7.40. The Morgan fingerprint density at radius 2 is 1.69 bits per heavy atom. The van der Waals surface area contributed by atoms with Crippen molar-refractivity contribution < 1.29 is 14.3 Å². The Labute approximate surface area is 214 Å². The van der Waals surface area contributed by atoms with Crippen molar-refractivity contribution in [1.82, 2.24) is 9.80 Å². The number of benzene rings is 3. The van der Waals surface area contributed by atoms with Gasteiger partial charge in [0, 0.05) is 51.3 Å². The summed E-state index contributed by atoms with van der Waals surface area (Å²) in [6.45, 7) is 4.79. The number of likely N-dealkylation sites (tertiary alicyclic amines) is 2. The first-order valence-electron chi connectivity index (χ1n) is 12.9. The number of ether oxygens (including phenoxy) is 2. The molecule has 3 aromatic carbocycles.